The molecule has 1 fully saturated rings. The largest absolute Gasteiger partial charge is 0.497 e. The summed E-state index contributed by atoms with van der Waals surface area (Å²) < 4.78 is 10.8. The number of piperazine rings is 1. The summed E-state index contributed by atoms with van der Waals surface area (Å²) in [6.45, 7) is 2.50. The molecule has 1 amide bonds. The third kappa shape index (κ3) is 5.23. The Morgan fingerprint density at radius 2 is 1.75 bits per heavy atom. The van der Waals surface area contributed by atoms with Crippen LogP contribution in [0.15, 0.2) is 54.6 Å². The standard InChI is InChI=1S/C23H22Cl2N4O3/c1-31-17-3-2-4-18(14-17)32-15-23(30)29-11-9-28(10-12-29)22-8-7-21(26-27-22)19-6-5-16(24)13-20(19)25/h2-8,13-14H,9-12,15H2,1H3. The predicted octanol–water partition coefficient (Wildman–Crippen LogP) is 4.19. The molecule has 2 aromatic carbocycles. The molecule has 0 unspecified atom stereocenters. The molecule has 0 spiro atoms. The third-order valence-electron chi connectivity index (χ3n) is 5.22. The highest BCUT2D eigenvalue weighted by Crippen LogP contribution is 2.29. The van der Waals surface area contributed by atoms with Crippen molar-refractivity contribution in [1.82, 2.24) is 15.1 Å². The average Bonchev–Trinajstić information content (AvgIpc) is 2.83. The molecule has 0 radical (unpaired) electrons. The summed E-state index contributed by atoms with van der Waals surface area (Å²) in [7, 11) is 1.59. The molecule has 0 atom stereocenters. The number of anilines is 1. The maximum atomic E-state index is 12.5. The number of carbonyl (C=O) groups is 1. The van der Waals surface area contributed by atoms with Gasteiger partial charge in [-0.1, -0.05) is 29.3 Å². The van der Waals surface area contributed by atoms with Crippen LogP contribution in [0.5, 0.6) is 11.5 Å². The van der Waals surface area contributed by atoms with Crippen LogP contribution in [-0.2, 0) is 4.79 Å². The summed E-state index contributed by atoms with van der Waals surface area (Å²) in [4.78, 5) is 16.4. The Bertz CT molecular complexity index is 1090. The minimum Gasteiger partial charge on any atom is -0.497 e. The summed E-state index contributed by atoms with van der Waals surface area (Å²) >= 11 is 12.2. The van der Waals surface area contributed by atoms with E-state index in [0.29, 0.717) is 53.4 Å². The highest BCUT2D eigenvalue weighted by molar-refractivity contribution is 6.36. The highest BCUT2D eigenvalue weighted by atomic mass is 35.5. The zero-order valence-corrected chi connectivity index (χ0v) is 19.0. The van der Waals surface area contributed by atoms with Crippen molar-refractivity contribution in [2.75, 3.05) is 44.8 Å². The first-order valence-electron chi connectivity index (χ1n) is 10.1. The fourth-order valence-corrected chi connectivity index (χ4v) is 3.95. The molecule has 166 valence electrons. The second-order valence-corrected chi connectivity index (χ2v) is 8.08. The van der Waals surface area contributed by atoms with Crippen LogP contribution >= 0.6 is 23.2 Å². The molecule has 0 saturated carbocycles. The van der Waals surface area contributed by atoms with Crippen molar-refractivity contribution in [3.63, 3.8) is 0 Å². The highest BCUT2D eigenvalue weighted by Gasteiger charge is 2.22. The van der Waals surface area contributed by atoms with Crippen molar-refractivity contribution in [3.8, 4) is 22.8 Å². The van der Waals surface area contributed by atoms with Gasteiger partial charge in [0.15, 0.2) is 12.4 Å². The van der Waals surface area contributed by atoms with Gasteiger partial charge in [-0.15, -0.1) is 10.2 Å². The number of rotatable bonds is 6. The number of benzene rings is 2. The van der Waals surface area contributed by atoms with E-state index in [1.807, 2.05) is 30.3 Å². The number of methoxy groups -OCH3 is 1. The summed E-state index contributed by atoms with van der Waals surface area (Å²) in [6.07, 6.45) is 0. The smallest absolute Gasteiger partial charge is 0.260 e. The summed E-state index contributed by atoms with van der Waals surface area (Å²) in [5, 5.41) is 9.77. The molecule has 1 aromatic heterocycles. The molecule has 0 N–H and O–H groups in total. The van der Waals surface area contributed by atoms with Crippen LogP contribution in [0.25, 0.3) is 11.3 Å². The molecule has 4 rings (SSSR count). The van der Waals surface area contributed by atoms with Gasteiger partial charge < -0.3 is 19.3 Å². The van der Waals surface area contributed by atoms with Crippen molar-refractivity contribution in [2.45, 2.75) is 0 Å². The summed E-state index contributed by atoms with van der Waals surface area (Å²) in [5.41, 5.74) is 1.46. The van der Waals surface area contributed by atoms with Gasteiger partial charge in [-0.25, -0.2) is 0 Å². The van der Waals surface area contributed by atoms with Gasteiger partial charge in [0.2, 0.25) is 0 Å². The zero-order valence-electron chi connectivity index (χ0n) is 17.5. The van der Waals surface area contributed by atoms with Gasteiger partial charge in [-0.05, 0) is 42.5 Å². The van der Waals surface area contributed by atoms with Gasteiger partial charge in [0.25, 0.3) is 5.91 Å². The van der Waals surface area contributed by atoms with Crippen LogP contribution < -0.4 is 14.4 Å². The Morgan fingerprint density at radius 1 is 0.969 bits per heavy atom. The van der Waals surface area contributed by atoms with E-state index in [-0.39, 0.29) is 12.5 Å². The lowest BCUT2D eigenvalue weighted by molar-refractivity contribution is -0.133. The minimum atomic E-state index is -0.0497. The van der Waals surface area contributed by atoms with Crippen LogP contribution in [0.1, 0.15) is 0 Å². The van der Waals surface area contributed by atoms with Gasteiger partial charge in [0.1, 0.15) is 11.5 Å². The number of hydrogen-bond acceptors (Lipinski definition) is 6. The Kier molecular flexibility index (Phi) is 6.97. The lowest BCUT2D eigenvalue weighted by Gasteiger charge is -2.35. The van der Waals surface area contributed by atoms with Crippen LogP contribution in [0, 0.1) is 0 Å². The van der Waals surface area contributed by atoms with E-state index in [0.717, 1.165) is 11.4 Å². The van der Waals surface area contributed by atoms with Gasteiger partial charge >= 0.3 is 0 Å². The van der Waals surface area contributed by atoms with E-state index in [1.165, 1.54) is 0 Å². The monoisotopic (exact) mass is 472 g/mol. The number of carbonyl (C=O) groups excluding carboxylic acids is 1. The van der Waals surface area contributed by atoms with Crippen molar-refractivity contribution >= 4 is 34.9 Å². The predicted molar refractivity (Wildman–Crippen MR) is 125 cm³/mol. The van der Waals surface area contributed by atoms with Crippen LogP contribution in [0.2, 0.25) is 10.0 Å². The van der Waals surface area contributed by atoms with Crippen molar-refractivity contribution in [1.29, 1.82) is 0 Å². The molecular formula is C23H22Cl2N4O3. The first kappa shape index (κ1) is 22.2. The number of amides is 1. The van der Waals surface area contributed by atoms with Gasteiger partial charge in [-0.3, -0.25) is 4.79 Å². The Morgan fingerprint density at radius 3 is 2.44 bits per heavy atom. The molecule has 0 aliphatic carbocycles. The fourth-order valence-electron chi connectivity index (χ4n) is 3.45. The minimum absolute atomic E-state index is 0.0104. The fraction of sp³-hybridized carbons (Fsp3) is 0.261. The van der Waals surface area contributed by atoms with E-state index < -0.39 is 0 Å². The Labute approximate surface area is 196 Å². The van der Waals surface area contributed by atoms with Gasteiger partial charge in [0, 0.05) is 42.8 Å². The SMILES string of the molecule is COc1cccc(OCC(=O)N2CCN(c3ccc(-c4ccc(Cl)cc4Cl)nn3)CC2)c1. The zero-order chi connectivity index (χ0) is 22.5. The Hall–Kier alpha value is -3.03. The molecular weight excluding hydrogens is 451 g/mol. The normalized spacial score (nSPS) is 13.7. The topological polar surface area (TPSA) is 67.8 Å². The van der Waals surface area contributed by atoms with E-state index in [1.54, 1.807) is 36.3 Å². The van der Waals surface area contributed by atoms with E-state index >= 15 is 0 Å². The molecule has 3 aromatic rings. The summed E-state index contributed by atoms with van der Waals surface area (Å²) in [6, 6.07) is 16.3. The number of nitrogens with zero attached hydrogens (tertiary/aromatic N) is 4. The van der Waals surface area contributed by atoms with E-state index in [4.69, 9.17) is 32.7 Å². The average molecular weight is 473 g/mol. The number of halogens is 2. The Balaban J connectivity index is 1.30. The van der Waals surface area contributed by atoms with Crippen molar-refractivity contribution in [2.24, 2.45) is 0 Å². The van der Waals surface area contributed by atoms with E-state index in [2.05, 4.69) is 15.1 Å². The first-order valence-corrected chi connectivity index (χ1v) is 10.9. The quantitative estimate of drug-likeness (QED) is 0.535. The molecule has 2 heterocycles. The lowest BCUT2D eigenvalue weighted by atomic mass is 10.1. The second-order valence-electron chi connectivity index (χ2n) is 7.24. The van der Waals surface area contributed by atoms with Gasteiger partial charge in [-0.2, -0.15) is 0 Å². The van der Waals surface area contributed by atoms with Crippen LogP contribution in [0.3, 0.4) is 0 Å². The van der Waals surface area contributed by atoms with E-state index in [9.17, 15) is 4.79 Å². The molecule has 1 aliphatic rings. The molecule has 7 nitrogen and oxygen atoms in total. The van der Waals surface area contributed by atoms with Crippen molar-refractivity contribution in [3.05, 3.63) is 64.6 Å². The van der Waals surface area contributed by atoms with Gasteiger partial charge in [0.05, 0.1) is 17.8 Å². The first-order chi connectivity index (χ1) is 15.5. The number of hydrogen-bond donors (Lipinski definition) is 0. The molecule has 9 heteroatoms. The van der Waals surface area contributed by atoms with Crippen LogP contribution in [0.4, 0.5) is 5.82 Å². The summed E-state index contributed by atoms with van der Waals surface area (Å²) in [5.74, 6) is 2.01. The maximum absolute atomic E-state index is 12.5. The third-order valence-corrected chi connectivity index (χ3v) is 5.77. The lowest BCUT2D eigenvalue weighted by Crippen LogP contribution is -2.50. The maximum Gasteiger partial charge on any atom is 0.260 e. The molecule has 32 heavy (non-hydrogen) atoms. The molecule has 1 aliphatic heterocycles. The second kappa shape index (κ2) is 10.1. The van der Waals surface area contributed by atoms with Crippen LogP contribution in [-0.4, -0.2) is 60.9 Å². The molecule has 0 bridgehead atoms. The number of aromatic nitrogens is 2. The molecule has 1 saturated heterocycles. The number of ether oxygens (including phenoxy) is 2. The van der Waals surface area contributed by atoms with Crippen molar-refractivity contribution < 1.29 is 14.3 Å².